The maximum atomic E-state index is 5.30. The molecule has 0 atom stereocenters. The zero-order chi connectivity index (χ0) is 20.1. The van der Waals surface area contributed by atoms with Gasteiger partial charge in [0, 0.05) is 17.7 Å². The maximum absolute atomic E-state index is 5.30. The van der Waals surface area contributed by atoms with Gasteiger partial charge in [0.15, 0.2) is 0 Å². The fourth-order valence-corrected chi connectivity index (χ4v) is 4.74. The average Bonchev–Trinajstić information content (AvgIpc) is 3.12. The molecule has 0 bridgehead atoms. The minimum atomic E-state index is 0.974. The second-order valence-corrected chi connectivity index (χ2v) is 8.35. The molecule has 150 valence electrons. The van der Waals surface area contributed by atoms with Crippen LogP contribution in [0.15, 0.2) is 54.6 Å². The van der Waals surface area contributed by atoms with Gasteiger partial charge in [0.25, 0.3) is 0 Å². The van der Waals surface area contributed by atoms with E-state index in [4.69, 9.17) is 4.98 Å². The van der Waals surface area contributed by atoms with Crippen molar-refractivity contribution < 1.29 is 0 Å². The molecule has 0 spiro atoms. The Hall–Kier alpha value is -2.41. The van der Waals surface area contributed by atoms with Gasteiger partial charge in [-0.3, -0.25) is 4.98 Å². The molecule has 1 aliphatic carbocycles. The zero-order valence-corrected chi connectivity index (χ0v) is 18.0. The number of aryl methyl sites for hydroxylation is 1. The monoisotopic (exact) mass is 383 g/mol. The molecule has 0 aliphatic heterocycles. The fraction of sp³-hybridized carbons (Fsp3) is 0.393. The topological polar surface area (TPSA) is 12.9 Å². The van der Waals surface area contributed by atoms with Gasteiger partial charge in [0.05, 0.1) is 5.69 Å². The summed E-state index contributed by atoms with van der Waals surface area (Å²) >= 11 is 0. The Bertz CT molecular complexity index is 956. The molecule has 4 rings (SSSR count). The van der Waals surface area contributed by atoms with E-state index in [1.165, 1.54) is 83.3 Å². The molecular weight excluding hydrogens is 350 g/mol. The Kier molecular flexibility index (Phi) is 6.44. The van der Waals surface area contributed by atoms with Crippen molar-refractivity contribution in [1.82, 2.24) is 4.98 Å². The van der Waals surface area contributed by atoms with E-state index in [9.17, 15) is 0 Å². The van der Waals surface area contributed by atoms with Crippen LogP contribution in [-0.4, -0.2) is 4.98 Å². The van der Waals surface area contributed by atoms with Crippen LogP contribution in [0.1, 0.15) is 74.9 Å². The number of nitrogens with zero attached hydrogens (tertiary/aromatic N) is 1. The Morgan fingerprint density at radius 3 is 2.17 bits per heavy atom. The molecule has 0 saturated heterocycles. The molecule has 0 radical (unpaired) electrons. The summed E-state index contributed by atoms with van der Waals surface area (Å²) < 4.78 is 0. The Morgan fingerprint density at radius 1 is 0.724 bits per heavy atom. The summed E-state index contributed by atoms with van der Waals surface area (Å²) in [6.07, 6.45) is 10.8. The summed E-state index contributed by atoms with van der Waals surface area (Å²) in [5.41, 5.74) is 11.2. The number of benzene rings is 2. The van der Waals surface area contributed by atoms with Gasteiger partial charge in [0.1, 0.15) is 0 Å². The lowest BCUT2D eigenvalue weighted by molar-refractivity contribution is 0.682. The summed E-state index contributed by atoms with van der Waals surface area (Å²) in [6.45, 7) is 4.57. The first-order valence-electron chi connectivity index (χ1n) is 11.5. The number of aromatic nitrogens is 1. The van der Waals surface area contributed by atoms with Crippen LogP contribution in [0.5, 0.6) is 0 Å². The van der Waals surface area contributed by atoms with E-state index in [0.717, 1.165) is 19.3 Å². The number of fused-ring (bicyclic) bond motifs is 3. The van der Waals surface area contributed by atoms with E-state index < -0.39 is 0 Å². The predicted molar refractivity (Wildman–Crippen MR) is 124 cm³/mol. The lowest BCUT2D eigenvalue weighted by Gasteiger charge is -2.20. The summed E-state index contributed by atoms with van der Waals surface area (Å²) in [5, 5.41) is 0. The van der Waals surface area contributed by atoms with Crippen LogP contribution in [-0.2, 0) is 19.3 Å². The molecule has 1 nitrogen and oxygen atoms in total. The summed E-state index contributed by atoms with van der Waals surface area (Å²) in [5.74, 6) is 0. The van der Waals surface area contributed by atoms with Gasteiger partial charge in [-0.25, -0.2) is 0 Å². The largest absolute Gasteiger partial charge is 0.257 e. The quantitative estimate of drug-likeness (QED) is 0.269. The van der Waals surface area contributed by atoms with Gasteiger partial charge in [-0.2, -0.15) is 0 Å². The van der Waals surface area contributed by atoms with Gasteiger partial charge in [-0.05, 0) is 53.5 Å². The maximum Gasteiger partial charge on any atom is 0.0535 e. The van der Waals surface area contributed by atoms with E-state index >= 15 is 0 Å². The van der Waals surface area contributed by atoms with Crippen LogP contribution >= 0.6 is 0 Å². The van der Waals surface area contributed by atoms with Crippen LogP contribution in [0.25, 0.3) is 22.3 Å². The van der Waals surface area contributed by atoms with Crippen LogP contribution in [0.4, 0.5) is 0 Å². The predicted octanol–water partition coefficient (Wildman–Crippen LogP) is 7.79. The number of pyridine rings is 1. The van der Waals surface area contributed by atoms with Gasteiger partial charge in [-0.1, -0.05) is 94.1 Å². The van der Waals surface area contributed by atoms with Crippen LogP contribution in [0, 0.1) is 0 Å². The number of unbranched alkanes of at least 4 members (excludes halogenated alkanes) is 4. The minimum Gasteiger partial charge on any atom is -0.257 e. The van der Waals surface area contributed by atoms with E-state index in [0.29, 0.717) is 0 Å². The molecule has 1 heteroatoms. The third-order valence-corrected chi connectivity index (χ3v) is 6.21. The normalized spacial score (nSPS) is 12.1. The third-order valence-electron chi connectivity index (χ3n) is 6.21. The second-order valence-electron chi connectivity index (χ2n) is 8.35. The zero-order valence-electron chi connectivity index (χ0n) is 18.0. The van der Waals surface area contributed by atoms with Crippen molar-refractivity contribution in [3.63, 3.8) is 0 Å². The van der Waals surface area contributed by atoms with Crippen molar-refractivity contribution in [2.45, 2.75) is 71.6 Å². The summed E-state index contributed by atoms with van der Waals surface area (Å²) in [6, 6.07) is 20.0. The Morgan fingerprint density at radius 2 is 1.41 bits per heavy atom. The third kappa shape index (κ3) is 4.15. The molecule has 1 aliphatic rings. The van der Waals surface area contributed by atoms with E-state index in [1.807, 2.05) is 0 Å². The minimum absolute atomic E-state index is 0.974. The lowest BCUT2D eigenvalue weighted by atomic mass is 9.87. The fourth-order valence-electron chi connectivity index (χ4n) is 4.74. The Labute approximate surface area is 176 Å². The van der Waals surface area contributed by atoms with Gasteiger partial charge in [0.2, 0.25) is 0 Å². The Balaban J connectivity index is 1.90. The molecule has 29 heavy (non-hydrogen) atoms. The highest BCUT2D eigenvalue weighted by Gasteiger charge is 2.27. The van der Waals surface area contributed by atoms with Crippen molar-refractivity contribution in [1.29, 1.82) is 0 Å². The van der Waals surface area contributed by atoms with Gasteiger partial charge < -0.3 is 0 Å². The lowest BCUT2D eigenvalue weighted by Crippen LogP contribution is -2.06. The van der Waals surface area contributed by atoms with E-state index in [1.54, 1.807) is 0 Å². The smallest absolute Gasteiger partial charge is 0.0535 e. The van der Waals surface area contributed by atoms with Gasteiger partial charge in [-0.15, -0.1) is 0 Å². The molecule has 2 aromatic carbocycles. The molecule has 0 fully saturated rings. The highest BCUT2D eigenvalue weighted by Crippen LogP contribution is 2.45. The van der Waals surface area contributed by atoms with Crippen LogP contribution in [0.2, 0.25) is 0 Å². The summed E-state index contributed by atoms with van der Waals surface area (Å²) in [7, 11) is 0. The number of hydrogen-bond acceptors (Lipinski definition) is 1. The molecule has 1 aromatic heterocycles. The highest BCUT2D eigenvalue weighted by molar-refractivity contribution is 5.91. The first-order chi connectivity index (χ1) is 14.3. The molecular formula is C28H33N. The molecule has 0 amide bonds. The SMILES string of the molecule is CCCCCc1nc2c(c(-c3ccccc3)c1CCCCC)-c1ccccc1C2. The van der Waals surface area contributed by atoms with Crippen molar-refractivity contribution in [2.24, 2.45) is 0 Å². The second kappa shape index (κ2) is 9.39. The standard InChI is InChI=1S/C28H33N/c1-3-5-8-18-24-25(19-9-6-4-2)29-26-20-22-16-12-13-17-23(22)28(26)27(24)21-14-10-7-11-15-21/h7,10-17H,3-6,8-9,18-20H2,1-2H3. The molecule has 0 unspecified atom stereocenters. The van der Waals surface area contributed by atoms with Crippen molar-refractivity contribution in [3.05, 3.63) is 77.1 Å². The first kappa shape index (κ1) is 19.9. The molecule has 1 heterocycles. The molecule has 0 N–H and O–H groups in total. The van der Waals surface area contributed by atoms with Crippen molar-refractivity contribution in [2.75, 3.05) is 0 Å². The van der Waals surface area contributed by atoms with E-state index in [-0.39, 0.29) is 0 Å². The van der Waals surface area contributed by atoms with Crippen molar-refractivity contribution in [3.8, 4) is 22.3 Å². The van der Waals surface area contributed by atoms with Crippen molar-refractivity contribution >= 4 is 0 Å². The van der Waals surface area contributed by atoms with Crippen LogP contribution < -0.4 is 0 Å². The van der Waals surface area contributed by atoms with Crippen LogP contribution in [0.3, 0.4) is 0 Å². The highest BCUT2D eigenvalue weighted by atomic mass is 14.7. The average molecular weight is 384 g/mol. The number of hydrogen-bond donors (Lipinski definition) is 0. The number of rotatable bonds is 9. The molecule has 0 saturated carbocycles. The van der Waals surface area contributed by atoms with Gasteiger partial charge >= 0.3 is 0 Å². The first-order valence-corrected chi connectivity index (χ1v) is 11.5. The van der Waals surface area contributed by atoms with E-state index in [2.05, 4.69) is 68.4 Å². The molecule has 3 aromatic rings. The summed E-state index contributed by atoms with van der Waals surface area (Å²) in [4.78, 5) is 5.30.